The number of hydrogen-bond acceptors (Lipinski definition) is 3. The van der Waals surface area contributed by atoms with Crippen molar-refractivity contribution in [3.63, 3.8) is 0 Å². The van der Waals surface area contributed by atoms with Gasteiger partial charge in [0.25, 0.3) is 0 Å². The Labute approximate surface area is 145 Å². The Hall–Kier alpha value is -2.24. The molecule has 0 aliphatic rings. The fraction of sp³-hybridized carbons (Fsp3) is 0.556. The van der Waals surface area contributed by atoms with E-state index in [4.69, 9.17) is 4.74 Å². The van der Waals surface area contributed by atoms with Crippen LogP contribution in [-0.2, 0) is 11.3 Å². The van der Waals surface area contributed by atoms with Crippen LogP contribution in [0.1, 0.15) is 31.9 Å². The Bertz CT molecular complexity index is 591. The van der Waals surface area contributed by atoms with Gasteiger partial charge in [0.2, 0.25) is 5.91 Å². The molecule has 0 fully saturated rings. The molecule has 0 aliphatic heterocycles. The molecule has 6 heteroatoms. The minimum Gasteiger partial charge on any atom is -0.497 e. The van der Waals surface area contributed by atoms with E-state index in [0.717, 1.165) is 16.9 Å². The van der Waals surface area contributed by atoms with Gasteiger partial charge >= 0.3 is 0 Å². The number of nitrogens with zero attached hydrogens (tertiary/aromatic N) is 2. The number of aryl methyl sites for hydroxylation is 1. The van der Waals surface area contributed by atoms with E-state index in [1.54, 1.807) is 19.1 Å². The van der Waals surface area contributed by atoms with Crippen LogP contribution in [0, 0.1) is 6.92 Å². The number of amides is 1. The van der Waals surface area contributed by atoms with Gasteiger partial charge in [0.1, 0.15) is 5.75 Å². The minimum atomic E-state index is -0.243. The third-order valence-electron chi connectivity index (χ3n) is 3.27. The van der Waals surface area contributed by atoms with E-state index < -0.39 is 0 Å². The molecule has 0 radical (unpaired) electrons. The highest BCUT2D eigenvalue weighted by Crippen LogP contribution is 2.16. The standard InChI is InChI=1S/C18H30N4O2/c1-13-8-14(10-15(9-13)24-7)11-20-17(19-5)22(6)12-16(23)21-18(2,3)4/h8-10H,11-12H2,1-7H3,(H,19,20)(H,21,23). The maximum atomic E-state index is 12.0. The van der Waals surface area contributed by atoms with Gasteiger partial charge in [-0.2, -0.15) is 0 Å². The second-order valence-corrected chi connectivity index (χ2v) is 6.91. The average molecular weight is 334 g/mol. The van der Waals surface area contributed by atoms with Crippen LogP contribution in [0.5, 0.6) is 5.75 Å². The maximum absolute atomic E-state index is 12.0. The smallest absolute Gasteiger partial charge is 0.240 e. The lowest BCUT2D eigenvalue weighted by Gasteiger charge is -2.25. The third kappa shape index (κ3) is 6.89. The first kappa shape index (κ1) is 19.8. The molecule has 1 aromatic rings. The molecule has 0 aliphatic carbocycles. The largest absolute Gasteiger partial charge is 0.497 e. The number of hydrogen-bond donors (Lipinski definition) is 2. The third-order valence-corrected chi connectivity index (χ3v) is 3.27. The molecule has 134 valence electrons. The highest BCUT2D eigenvalue weighted by Gasteiger charge is 2.16. The monoisotopic (exact) mass is 334 g/mol. The Balaban J connectivity index is 2.64. The molecular formula is C18H30N4O2. The fourth-order valence-corrected chi connectivity index (χ4v) is 2.36. The van der Waals surface area contributed by atoms with Crippen molar-refractivity contribution < 1.29 is 9.53 Å². The van der Waals surface area contributed by atoms with Crippen molar-refractivity contribution in [3.05, 3.63) is 29.3 Å². The van der Waals surface area contributed by atoms with Crippen LogP contribution in [0.3, 0.4) is 0 Å². The molecule has 0 heterocycles. The van der Waals surface area contributed by atoms with Crippen molar-refractivity contribution in [3.8, 4) is 5.75 Å². The topological polar surface area (TPSA) is 66.0 Å². The van der Waals surface area contributed by atoms with Gasteiger partial charge in [-0.3, -0.25) is 9.79 Å². The number of likely N-dealkylation sites (N-methyl/N-ethyl adjacent to an activating group) is 1. The molecular weight excluding hydrogens is 304 g/mol. The zero-order valence-corrected chi connectivity index (χ0v) is 15.9. The Morgan fingerprint density at radius 2 is 1.96 bits per heavy atom. The van der Waals surface area contributed by atoms with E-state index in [1.807, 2.05) is 46.9 Å². The molecule has 2 N–H and O–H groups in total. The first-order valence-electron chi connectivity index (χ1n) is 8.02. The Morgan fingerprint density at radius 1 is 1.29 bits per heavy atom. The number of ether oxygens (including phenoxy) is 1. The van der Waals surface area contributed by atoms with Crippen molar-refractivity contribution in [2.75, 3.05) is 27.7 Å². The summed E-state index contributed by atoms with van der Waals surface area (Å²) in [4.78, 5) is 18.1. The normalized spacial score (nSPS) is 11.9. The van der Waals surface area contributed by atoms with E-state index in [1.165, 1.54) is 0 Å². The summed E-state index contributed by atoms with van der Waals surface area (Å²) in [5.41, 5.74) is 1.99. The summed E-state index contributed by atoms with van der Waals surface area (Å²) in [6.07, 6.45) is 0. The number of carbonyl (C=O) groups excluding carboxylic acids is 1. The van der Waals surface area contributed by atoms with Crippen LogP contribution >= 0.6 is 0 Å². The molecule has 0 atom stereocenters. The van der Waals surface area contributed by atoms with Crippen LogP contribution in [0.2, 0.25) is 0 Å². The van der Waals surface area contributed by atoms with E-state index in [9.17, 15) is 4.79 Å². The summed E-state index contributed by atoms with van der Waals surface area (Å²) in [6.45, 7) is 8.77. The number of benzene rings is 1. The molecule has 1 rings (SSSR count). The number of nitrogens with one attached hydrogen (secondary N) is 2. The quantitative estimate of drug-likeness (QED) is 0.638. The van der Waals surface area contributed by atoms with E-state index >= 15 is 0 Å². The molecule has 0 aromatic heterocycles. The van der Waals surface area contributed by atoms with Gasteiger partial charge in [-0.1, -0.05) is 6.07 Å². The number of carbonyl (C=O) groups is 1. The number of rotatable bonds is 5. The number of methoxy groups -OCH3 is 1. The molecule has 0 spiro atoms. The highest BCUT2D eigenvalue weighted by atomic mass is 16.5. The lowest BCUT2D eigenvalue weighted by Crippen LogP contribution is -2.48. The van der Waals surface area contributed by atoms with Crippen LogP contribution < -0.4 is 15.4 Å². The van der Waals surface area contributed by atoms with Crippen LogP contribution in [0.4, 0.5) is 0 Å². The predicted octanol–water partition coefficient (Wildman–Crippen LogP) is 1.93. The van der Waals surface area contributed by atoms with Gasteiger partial charge in [-0.05, 0) is 51.0 Å². The van der Waals surface area contributed by atoms with Gasteiger partial charge in [-0.15, -0.1) is 0 Å². The lowest BCUT2D eigenvalue weighted by molar-refractivity contribution is -0.122. The van der Waals surface area contributed by atoms with E-state index in [2.05, 4.69) is 21.7 Å². The first-order chi connectivity index (χ1) is 11.1. The van der Waals surface area contributed by atoms with Crippen molar-refractivity contribution in [2.24, 2.45) is 4.99 Å². The van der Waals surface area contributed by atoms with Crippen molar-refractivity contribution in [2.45, 2.75) is 39.8 Å². The van der Waals surface area contributed by atoms with Gasteiger partial charge in [-0.25, -0.2) is 0 Å². The van der Waals surface area contributed by atoms with Gasteiger partial charge in [0.05, 0.1) is 13.7 Å². The maximum Gasteiger partial charge on any atom is 0.240 e. The molecule has 0 bridgehead atoms. The van der Waals surface area contributed by atoms with Gasteiger partial charge < -0.3 is 20.3 Å². The van der Waals surface area contributed by atoms with E-state index in [-0.39, 0.29) is 18.0 Å². The molecule has 24 heavy (non-hydrogen) atoms. The average Bonchev–Trinajstić information content (AvgIpc) is 2.45. The van der Waals surface area contributed by atoms with Crippen molar-refractivity contribution in [1.82, 2.24) is 15.5 Å². The molecule has 6 nitrogen and oxygen atoms in total. The summed E-state index contributed by atoms with van der Waals surface area (Å²) in [5, 5.41) is 6.22. The number of aliphatic imine (C=N–C) groups is 1. The van der Waals surface area contributed by atoms with Crippen LogP contribution in [0.25, 0.3) is 0 Å². The molecule has 0 saturated heterocycles. The second kappa shape index (κ2) is 8.57. The zero-order chi connectivity index (χ0) is 18.3. The first-order valence-corrected chi connectivity index (χ1v) is 8.02. The SMILES string of the molecule is CN=C(NCc1cc(C)cc(OC)c1)N(C)CC(=O)NC(C)(C)C. The Morgan fingerprint density at radius 3 is 2.50 bits per heavy atom. The lowest BCUT2D eigenvalue weighted by atomic mass is 10.1. The van der Waals surface area contributed by atoms with Crippen LogP contribution in [0.15, 0.2) is 23.2 Å². The molecule has 1 aromatic carbocycles. The van der Waals surface area contributed by atoms with Gasteiger partial charge in [0, 0.05) is 26.2 Å². The van der Waals surface area contributed by atoms with Crippen molar-refractivity contribution in [1.29, 1.82) is 0 Å². The zero-order valence-electron chi connectivity index (χ0n) is 15.9. The van der Waals surface area contributed by atoms with Crippen LogP contribution in [-0.4, -0.2) is 50.1 Å². The Kier molecular flexibility index (Phi) is 7.07. The highest BCUT2D eigenvalue weighted by molar-refractivity contribution is 5.86. The summed E-state index contributed by atoms with van der Waals surface area (Å²) in [5.74, 6) is 1.46. The van der Waals surface area contributed by atoms with Crippen molar-refractivity contribution >= 4 is 11.9 Å². The number of guanidine groups is 1. The molecule has 0 saturated carbocycles. The second-order valence-electron chi connectivity index (χ2n) is 6.91. The molecule has 1 amide bonds. The summed E-state index contributed by atoms with van der Waals surface area (Å²) >= 11 is 0. The fourth-order valence-electron chi connectivity index (χ4n) is 2.36. The minimum absolute atomic E-state index is 0.0369. The molecule has 0 unspecified atom stereocenters. The summed E-state index contributed by atoms with van der Waals surface area (Å²) in [6, 6.07) is 6.07. The van der Waals surface area contributed by atoms with E-state index in [0.29, 0.717) is 12.5 Å². The summed E-state index contributed by atoms with van der Waals surface area (Å²) in [7, 11) is 5.21. The predicted molar refractivity (Wildman–Crippen MR) is 98.5 cm³/mol. The summed E-state index contributed by atoms with van der Waals surface area (Å²) < 4.78 is 5.29. The van der Waals surface area contributed by atoms with Gasteiger partial charge in [0.15, 0.2) is 5.96 Å².